The van der Waals surface area contributed by atoms with Gasteiger partial charge in [-0.1, -0.05) is 5.10 Å². The van der Waals surface area contributed by atoms with Crippen LogP contribution < -0.4 is 10.2 Å². The number of carbonyl (C=O) groups excluding carboxylic acids is 1. The number of ether oxygens (including phenoxy) is 1. The molecule has 122 valence electrons. The predicted octanol–water partition coefficient (Wildman–Crippen LogP) is -0.232. The number of carboxylic acids is 1. The first-order valence-electron chi connectivity index (χ1n) is 6.85. The zero-order chi connectivity index (χ0) is 16.5. The summed E-state index contributed by atoms with van der Waals surface area (Å²) in [6.45, 7) is 5.62. The van der Waals surface area contributed by atoms with Crippen LogP contribution in [0.3, 0.4) is 0 Å². The average Bonchev–Trinajstić information content (AvgIpc) is 2.93. The van der Waals surface area contributed by atoms with E-state index in [0.717, 1.165) is 0 Å². The smallest absolute Gasteiger partial charge is 0.408 e. The van der Waals surface area contributed by atoms with E-state index in [1.807, 2.05) is 0 Å². The second kappa shape index (κ2) is 5.43. The van der Waals surface area contributed by atoms with Crippen molar-refractivity contribution in [3.63, 3.8) is 0 Å². The Morgan fingerprint density at radius 3 is 2.59 bits per heavy atom. The maximum Gasteiger partial charge on any atom is 0.408 e. The maximum absolute atomic E-state index is 11.9. The number of aliphatic carboxylic acids is 1. The Balaban J connectivity index is 2.13. The molecule has 0 aliphatic carbocycles. The van der Waals surface area contributed by atoms with E-state index in [9.17, 15) is 14.7 Å². The highest BCUT2D eigenvalue weighted by Gasteiger charge is 2.48. The molecule has 1 aliphatic heterocycles. The summed E-state index contributed by atoms with van der Waals surface area (Å²) in [5.41, 5.74) is -2.12. The van der Waals surface area contributed by atoms with Crippen LogP contribution in [0.25, 0.3) is 0 Å². The average molecular weight is 312 g/mol. The van der Waals surface area contributed by atoms with Crippen LogP contribution in [0.1, 0.15) is 27.2 Å². The molecular weight excluding hydrogens is 292 g/mol. The number of nitrogens with one attached hydrogen (secondary N) is 1. The minimum absolute atomic E-state index is 0.0653. The van der Waals surface area contributed by atoms with Gasteiger partial charge in [0.2, 0.25) is 5.95 Å². The lowest BCUT2D eigenvalue weighted by molar-refractivity contribution is -0.143. The molecule has 1 unspecified atom stereocenters. The largest absolute Gasteiger partial charge is 0.479 e. The summed E-state index contributed by atoms with van der Waals surface area (Å²) in [5, 5.41) is 23.1. The number of carbonyl (C=O) groups is 2. The van der Waals surface area contributed by atoms with Crippen molar-refractivity contribution in [2.75, 3.05) is 18.0 Å². The van der Waals surface area contributed by atoms with Gasteiger partial charge in [-0.2, -0.15) is 0 Å². The lowest BCUT2D eigenvalue weighted by Gasteiger charge is -2.28. The molecule has 1 amide bonds. The van der Waals surface area contributed by atoms with Gasteiger partial charge in [-0.25, -0.2) is 14.3 Å². The molecule has 10 heteroatoms. The fourth-order valence-corrected chi connectivity index (χ4v) is 2.30. The number of tetrazole rings is 1. The van der Waals surface area contributed by atoms with Gasteiger partial charge in [0.15, 0.2) is 5.54 Å². The van der Waals surface area contributed by atoms with Gasteiger partial charge >= 0.3 is 12.1 Å². The summed E-state index contributed by atoms with van der Waals surface area (Å²) >= 11 is 0. The molecule has 1 aromatic heterocycles. The maximum atomic E-state index is 11.9. The molecule has 0 spiro atoms. The summed E-state index contributed by atoms with van der Waals surface area (Å²) < 4.78 is 6.60. The third-order valence-corrected chi connectivity index (χ3v) is 3.30. The van der Waals surface area contributed by atoms with E-state index >= 15 is 0 Å². The molecule has 22 heavy (non-hydrogen) atoms. The number of amides is 1. The van der Waals surface area contributed by atoms with E-state index in [1.54, 1.807) is 32.7 Å². The minimum Gasteiger partial charge on any atom is -0.479 e. The number of aromatic nitrogens is 4. The SMILES string of the molecule is Cn1nnnc1N1CCC(NC(=O)OC(C)(C)C)(C(=O)O)C1. The van der Waals surface area contributed by atoms with Crippen LogP contribution in [0.5, 0.6) is 0 Å². The monoisotopic (exact) mass is 312 g/mol. The van der Waals surface area contributed by atoms with Gasteiger partial charge in [0.05, 0.1) is 6.54 Å². The standard InChI is InChI=1S/C12H20N6O4/c1-11(2,3)22-10(21)13-12(8(19)20)5-6-18(7-12)9-14-15-16-17(9)4/h5-7H2,1-4H3,(H,13,21)(H,19,20). The van der Waals surface area contributed by atoms with Gasteiger partial charge in [-0.3, -0.25) is 0 Å². The number of nitrogens with zero attached hydrogens (tertiary/aromatic N) is 5. The summed E-state index contributed by atoms with van der Waals surface area (Å²) in [5.74, 6) is -0.662. The molecule has 0 bridgehead atoms. The van der Waals surface area contributed by atoms with Crippen molar-refractivity contribution in [3.8, 4) is 0 Å². The zero-order valence-electron chi connectivity index (χ0n) is 13.0. The van der Waals surface area contributed by atoms with Gasteiger partial charge in [0.1, 0.15) is 5.60 Å². The fourth-order valence-electron chi connectivity index (χ4n) is 2.30. The fraction of sp³-hybridized carbons (Fsp3) is 0.750. The highest BCUT2D eigenvalue weighted by Crippen LogP contribution is 2.25. The molecule has 1 fully saturated rings. The molecule has 0 radical (unpaired) electrons. The first-order valence-corrected chi connectivity index (χ1v) is 6.85. The molecule has 1 saturated heterocycles. The summed E-state index contributed by atoms with van der Waals surface area (Å²) in [4.78, 5) is 25.3. The molecule has 1 aliphatic rings. The van der Waals surface area contributed by atoms with Crippen molar-refractivity contribution in [3.05, 3.63) is 0 Å². The lowest BCUT2D eigenvalue weighted by atomic mass is 9.99. The van der Waals surface area contributed by atoms with Gasteiger partial charge in [-0.05, 0) is 31.2 Å². The molecular formula is C12H20N6O4. The van der Waals surface area contributed by atoms with Gasteiger partial charge in [0.25, 0.3) is 0 Å². The summed E-state index contributed by atoms with van der Waals surface area (Å²) in [7, 11) is 1.66. The first-order chi connectivity index (χ1) is 10.1. The number of rotatable bonds is 3. The Kier molecular flexibility index (Phi) is 3.94. The number of carboxylic acid groups (broad SMARTS) is 1. The summed E-state index contributed by atoms with van der Waals surface area (Å²) in [6.07, 6.45) is -0.526. The number of anilines is 1. The lowest BCUT2D eigenvalue weighted by Crippen LogP contribution is -2.57. The highest BCUT2D eigenvalue weighted by atomic mass is 16.6. The van der Waals surface area contributed by atoms with Gasteiger partial charge < -0.3 is 20.1 Å². The van der Waals surface area contributed by atoms with E-state index in [1.165, 1.54) is 4.68 Å². The molecule has 1 aromatic rings. The number of hydrogen-bond donors (Lipinski definition) is 2. The van der Waals surface area contributed by atoms with E-state index < -0.39 is 23.2 Å². The Hall–Kier alpha value is -2.39. The number of hydrogen-bond acceptors (Lipinski definition) is 7. The van der Waals surface area contributed by atoms with Crippen LogP contribution in [0, 0.1) is 0 Å². The van der Waals surface area contributed by atoms with Crippen LogP contribution in [-0.2, 0) is 16.6 Å². The Morgan fingerprint density at radius 1 is 1.41 bits per heavy atom. The normalized spacial score (nSPS) is 21.7. The van der Waals surface area contributed by atoms with Crippen LogP contribution >= 0.6 is 0 Å². The van der Waals surface area contributed by atoms with Crippen molar-refractivity contribution < 1.29 is 19.4 Å². The second-order valence-corrected chi connectivity index (χ2v) is 6.29. The zero-order valence-corrected chi connectivity index (χ0v) is 13.0. The summed E-state index contributed by atoms with van der Waals surface area (Å²) in [6, 6.07) is 0. The molecule has 2 rings (SSSR count). The Bertz CT molecular complexity index is 580. The van der Waals surface area contributed by atoms with Gasteiger partial charge in [0, 0.05) is 20.0 Å². The molecule has 1 atom stereocenters. The first kappa shape index (κ1) is 16.0. The third-order valence-electron chi connectivity index (χ3n) is 3.30. The molecule has 10 nitrogen and oxygen atoms in total. The molecule has 0 aromatic carbocycles. The van der Waals surface area contributed by atoms with Crippen molar-refractivity contribution in [2.24, 2.45) is 7.05 Å². The van der Waals surface area contributed by atoms with Crippen molar-refractivity contribution in [1.29, 1.82) is 0 Å². The van der Waals surface area contributed by atoms with Crippen LogP contribution in [0.4, 0.5) is 10.7 Å². The molecule has 2 N–H and O–H groups in total. The van der Waals surface area contributed by atoms with Crippen molar-refractivity contribution >= 4 is 18.0 Å². The number of aryl methyl sites for hydroxylation is 1. The van der Waals surface area contributed by atoms with E-state index in [-0.39, 0.29) is 13.0 Å². The van der Waals surface area contributed by atoms with Crippen molar-refractivity contribution in [2.45, 2.75) is 38.3 Å². The number of alkyl carbamates (subject to hydrolysis) is 1. The van der Waals surface area contributed by atoms with E-state index in [0.29, 0.717) is 12.5 Å². The van der Waals surface area contributed by atoms with Crippen LogP contribution in [0.15, 0.2) is 0 Å². The highest BCUT2D eigenvalue weighted by molar-refractivity contribution is 5.86. The Morgan fingerprint density at radius 2 is 2.09 bits per heavy atom. The minimum atomic E-state index is -1.42. The van der Waals surface area contributed by atoms with E-state index in [2.05, 4.69) is 20.8 Å². The second-order valence-electron chi connectivity index (χ2n) is 6.29. The predicted molar refractivity (Wildman–Crippen MR) is 75.4 cm³/mol. The Labute approximate surface area is 127 Å². The van der Waals surface area contributed by atoms with Crippen molar-refractivity contribution in [1.82, 2.24) is 25.5 Å². The molecule has 2 heterocycles. The topological polar surface area (TPSA) is 122 Å². The van der Waals surface area contributed by atoms with Crippen LogP contribution in [0.2, 0.25) is 0 Å². The van der Waals surface area contributed by atoms with Crippen LogP contribution in [-0.4, -0.2) is 61.6 Å². The van der Waals surface area contributed by atoms with Gasteiger partial charge in [-0.15, -0.1) is 0 Å². The molecule has 0 saturated carbocycles. The quantitative estimate of drug-likeness (QED) is 0.784. The third kappa shape index (κ3) is 3.26. The van der Waals surface area contributed by atoms with E-state index in [4.69, 9.17) is 4.74 Å².